The average molecular weight is 630 g/mol. The van der Waals surface area contributed by atoms with Crippen molar-refractivity contribution in [2.24, 2.45) is 0 Å². The molecule has 8 atom stereocenters. The van der Waals surface area contributed by atoms with Crippen LogP contribution in [0.5, 0.6) is 0 Å². The molecule has 0 bridgehead atoms. The van der Waals surface area contributed by atoms with Gasteiger partial charge < -0.3 is 31.5 Å². The van der Waals surface area contributed by atoms with Gasteiger partial charge >= 0.3 is 6.80 Å². The molecular formula is C19H24N11O8PS2. The third-order valence-corrected chi connectivity index (χ3v) is 9.92. The second kappa shape index (κ2) is 10.7. The van der Waals surface area contributed by atoms with Gasteiger partial charge in [0, 0.05) is 11.5 Å². The van der Waals surface area contributed by atoms with Crippen LogP contribution in [0.25, 0.3) is 16.8 Å². The van der Waals surface area contributed by atoms with E-state index in [0.717, 1.165) is 11.8 Å². The Morgan fingerprint density at radius 1 is 1.27 bits per heavy atom. The summed E-state index contributed by atoms with van der Waals surface area (Å²) >= 11 is 5.10. The van der Waals surface area contributed by atoms with E-state index < -0.39 is 59.9 Å². The number of aromatic nitrogens is 9. The lowest BCUT2D eigenvalue weighted by atomic mass is 9.96. The molecule has 8 N–H and O–H groups in total. The Labute approximate surface area is 238 Å². The lowest BCUT2D eigenvalue weighted by Gasteiger charge is -2.25. The number of rotatable bonds is 8. The van der Waals surface area contributed by atoms with Gasteiger partial charge in [-0.2, -0.15) is 14.6 Å². The highest BCUT2D eigenvalue weighted by atomic mass is 32.7. The molecule has 220 valence electrons. The zero-order valence-electron chi connectivity index (χ0n) is 20.7. The smallest absolute Gasteiger partial charge is 0.386 e. The number of aliphatic hydroxyl groups excluding tert-OH is 3. The summed E-state index contributed by atoms with van der Waals surface area (Å²) in [6, 6.07) is 0. The van der Waals surface area contributed by atoms with Gasteiger partial charge in [0.05, 0.1) is 43.5 Å². The van der Waals surface area contributed by atoms with Gasteiger partial charge in [-0.1, -0.05) is 17.5 Å². The Balaban J connectivity index is 1.17. The second-order valence-corrected chi connectivity index (χ2v) is 13.5. The van der Waals surface area contributed by atoms with Crippen LogP contribution in [0.2, 0.25) is 0 Å². The topological polar surface area (TPSA) is 277 Å². The number of nitrogen functional groups attached to an aromatic ring is 2. The number of hydrogen-bond donors (Lipinski definition) is 7. The predicted octanol–water partition coefficient (Wildman–Crippen LogP) is -1.93. The molecule has 0 saturated carbocycles. The molecule has 4 aromatic rings. The van der Waals surface area contributed by atoms with Crippen LogP contribution in [0.15, 0.2) is 17.3 Å². The van der Waals surface area contributed by atoms with Crippen LogP contribution in [0.1, 0.15) is 16.9 Å². The number of hydrogen-bond acceptors (Lipinski definition) is 17. The van der Waals surface area contributed by atoms with Crippen LogP contribution in [-0.2, 0) is 18.3 Å². The van der Waals surface area contributed by atoms with E-state index in [0.29, 0.717) is 11.2 Å². The van der Waals surface area contributed by atoms with Gasteiger partial charge in [0.1, 0.15) is 23.9 Å². The first-order chi connectivity index (χ1) is 19.6. The van der Waals surface area contributed by atoms with E-state index in [4.69, 9.17) is 25.3 Å². The van der Waals surface area contributed by atoms with Crippen LogP contribution in [0.3, 0.4) is 0 Å². The number of aliphatic hydroxyl groups is 3. The summed E-state index contributed by atoms with van der Waals surface area (Å²) in [5.41, 5.74) is 11.7. The third-order valence-electron chi connectivity index (χ3n) is 6.78. The van der Waals surface area contributed by atoms with Gasteiger partial charge in [-0.25, -0.2) is 19.2 Å². The Morgan fingerprint density at radius 2 is 2.07 bits per heavy atom. The third kappa shape index (κ3) is 5.06. The monoisotopic (exact) mass is 629 g/mol. The highest BCUT2D eigenvalue weighted by Gasteiger charge is 2.49. The van der Waals surface area contributed by atoms with E-state index in [-0.39, 0.29) is 36.3 Å². The molecule has 0 aromatic carbocycles. The van der Waals surface area contributed by atoms with Gasteiger partial charge in [0.2, 0.25) is 11.9 Å². The number of fused-ring (bicyclic) bond motifs is 2. The minimum absolute atomic E-state index is 0.00806. The number of aromatic amines is 1. The van der Waals surface area contributed by atoms with Crippen molar-refractivity contribution in [1.29, 1.82) is 0 Å². The second-order valence-electron chi connectivity index (χ2n) is 9.27. The Bertz CT molecular complexity index is 1700. The molecule has 4 aromatic heterocycles. The van der Waals surface area contributed by atoms with E-state index >= 15 is 0 Å². The van der Waals surface area contributed by atoms with E-state index in [9.17, 15) is 24.7 Å². The quantitative estimate of drug-likeness (QED) is 0.0825. The van der Waals surface area contributed by atoms with Crippen LogP contribution >= 0.6 is 30.8 Å². The molecule has 19 nitrogen and oxygen atoms in total. The Hall–Kier alpha value is -2.88. The van der Waals surface area contributed by atoms with Gasteiger partial charge in [-0.3, -0.25) is 18.8 Å². The summed E-state index contributed by atoms with van der Waals surface area (Å²) in [4.78, 5) is 26.6. The van der Waals surface area contributed by atoms with Crippen molar-refractivity contribution in [2.75, 3.05) is 31.3 Å². The Morgan fingerprint density at radius 3 is 2.85 bits per heavy atom. The number of ether oxygens (including phenoxy) is 1. The number of H-pyrrole nitrogens is 1. The zero-order valence-corrected chi connectivity index (χ0v) is 23.3. The van der Waals surface area contributed by atoms with Crippen molar-refractivity contribution in [3.63, 3.8) is 0 Å². The molecule has 0 amide bonds. The fourth-order valence-corrected chi connectivity index (χ4v) is 7.72. The van der Waals surface area contributed by atoms with E-state index in [2.05, 4.69) is 47.6 Å². The van der Waals surface area contributed by atoms with Crippen molar-refractivity contribution in [1.82, 2.24) is 44.5 Å². The SMILES string of the molecule is Nc1nc2c(nnn2[C@@H]2S[C@H](CO)[C@@H](O)C2OP(=O)(S)OC[C@H]2OCC(c3cnn4c(N)ncnc34)[C@@H]2O)c(=O)[nH]1. The lowest BCUT2D eigenvalue weighted by molar-refractivity contribution is -0.00699. The lowest BCUT2D eigenvalue weighted by Crippen LogP contribution is -2.35. The molecule has 22 heteroatoms. The summed E-state index contributed by atoms with van der Waals surface area (Å²) in [6.45, 7) is -4.96. The molecule has 0 aliphatic carbocycles. The van der Waals surface area contributed by atoms with Gasteiger partial charge in [-0.15, -0.1) is 16.9 Å². The molecule has 2 saturated heterocycles. The standard InChI is InChI=1S/C19H24N11O8PS2/c20-18-25-15-10(16(34)26-18)27-28-29(15)17-13(12(33)9(2-31)41-17)38-39(35,40)37-4-8-11(32)7(3-36-8)6-1-24-30-14(6)22-5-23-19(30)21/h1,5,7-9,11-13,17,31-33H,2-4H2,(H,35,40)(H2,21,22,23)(H3,20,25,26,34)/t7?,8-,9-,11+,12-,13?,17-,39?/m1/s1. The first-order valence-electron chi connectivity index (χ1n) is 12.0. The molecular weight excluding hydrogens is 605 g/mol. The summed E-state index contributed by atoms with van der Waals surface area (Å²) in [7, 11) is 0. The van der Waals surface area contributed by atoms with Crippen LogP contribution in [-0.4, -0.2) is 109 Å². The molecule has 2 fully saturated rings. The molecule has 2 aliphatic heterocycles. The highest BCUT2D eigenvalue weighted by Crippen LogP contribution is 2.58. The first-order valence-corrected chi connectivity index (χ1v) is 15.7. The van der Waals surface area contributed by atoms with Crippen LogP contribution in [0.4, 0.5) is 11.9 Å². The summed E-state index contributed by atoms with van der Waals surface area (Å²) in [5, 5.41) is 41.7. The van der Waals surface area contributed by atoms with Crippen molar-refractivity contribution >= 4 is 59.5 Å². The van der Waals surface area contributed by atoms with Crippen molar-refractivity contribution in [3.05, 3.63) is 28.4 Å². The molecule has 2 aliphatic rings. The zero-order chi connectivity index (χ0) is 29.1. The maximum Gasteiger partial charge on any atom is 0.386 e. The molecule has 6 heterocycles. The van der Waals surface area contributed by atoms with Crippen molar-refractivity contribution < 1.29 is 33.7 Å². The number of anilines is 2. The fourth-order valence-electron chi connectivity index (χ4n) is 4.77. The van der Waals surface area contributed by atoms with Gasteiger partial charge in [-0.05, 0) is 0 Å². The van der Waals surface area contributed by atoms with Gasteiger partial charge in [0.25, 0.3) is 5.56 Å². The van der Waals surface area contributed by atoms with Crippen molar-refractivity contribution in [3.8, 4) is 0 Å². The number of nitrogens with zero attached hydrogens (tertiary/aromatic N) is 8. The summed E-state index contributed by atoms with van der Waals surface area (Å²) < 4.78 is 32.6. The summed E-state index contributed by atoms with van der Waals surface area (Å²) in [5.74, 6) is -0.605. The van der Waals surface area contributed by atoms with Crippen LogP contribution < -0.4 is 17.0 Å². The van der Waals surface area contributed by atoms with E-state index in [1.807, 2.05) is 0 Å². The van der Waals surface area contributed by atoms with Crippen molar-refractivity contribution in [2.45, 2.75) is 41.0 Å². The molecule has 3 unspecified atom stereocenters. The van der Waals surface area contributed by atoms with E-state index in [1.54, 1.807) is 0 Å². The molecule has 0 radical (unpaired) electrons. The number of nitrogens with one attached hydrogen (secondary N) is 1. The number of thioether (sulfide) groups is 1. The predicted molar refractivity (Wildman–Crippen MR) is 145 cm³/mol. The maximum atomic E-state index is 13.3. The van der Waals surface area contributed by atoms with E-state index in [1.165, 1.54) is 21.7 Å². The molecule has 6 rings (SSSR count). The number of thiol groups is 1. The molecule has 41 heavy (non-hydrogen) atoms. The average Bonchev–Trinajstić information content (AvgIpc) is 3.69. The minimum atomic E-state index is -4.22. The maximum absolute atomic E-state index is 13.3. The number of nitrogens with two attached hydrogens (primary N) is 2. The molecule has 0 spiro atoms. The normalized spacial score (nSPS) is 29.9. The van der Waals surface area contributed by atoms with Crippen LogP contribution in [0, 0.1) is 0 Å². The fraction of sp³-hybridized carbons (Fsp3) is 0.526. The minimum Gasteiger partial charge on any atom is -0.395 e. The summed E-state index contributed by atoms with van der Waals surface area (Å²) in [6.07, 6.45) is -1.86. The Kier molecular flexibility index (Phi) is 7.41. The van der Waals surface area contributed by atoms with Gasteiger partial charge in [0.15, 0.2) is 16.8 Å². The highest BCUT2D eigenvalue weighted by molar-refractivity contribution is 8.44. The first kappa shape index (κ1) is 28.2. The largest absolute Gasteiger partial charge is 0.395 e.